The number of aliphatic carboxylic acids is 1. The van der Waals surface area contributed by atoms with Gasteiger partial charge in [0.15, 0.2) is 24.0 Å². The van der Waals surface area contributed by atoms with Gasteiger partial charge in [0.2, 0.25) is 0 Å². The van der Waals surface area contributed by atoms with E-state index in [0.29, 0.717) is 0 Å². The summed E-state index contributed by atoms with van der Waals surface area (Å²) in [5, 5.41) is 69.5. The molecule has 2 aliphatic heterocycles. The van der Waals surface area contributed by atoms with Crippen LogP contribution in [0.4, 0.5) is 4.79 Å². The molecule has 2 amide bonds. The van der Waals surface area contributed by atoms with Crippen LogP contribution in [0.3, 0.4) is 0 Å². The third-order valence-corrected chi connectivity index (χ3v) is 10.3. The quantitative estimate of drug-likeness (QED) is 0.149. The molecule has 7 N–H and O–H groups in total. The zero-order valence-corrected chi connectivity index (χ0v) is 28.7. The normalized spacial score (nSPS) is 26.1. The van der Waals surface area contributed by atoms with Crippen molar-refractivity contribution in [1.82, 2.24) is 10.2 Å². The van der Waals surface area contributed by atoms with E-state index in [1.807, 2.05) is 0 Å². The molecule has 4 aliphatic rings. The molecule has 17 nitrogen and oxygen atoms in total. The van der Waals surface area contributed by atoms with Gasteiger partial charge in [-0.25, -0.2) is 4.79 Å². The summed E-state index contributed by atoms with van der Waals surface area (Å²) in [6.07, 6.45) is -9.10. The number of aliphatic hydroxyl groups excluding tert-OH is 2. The molecule has 0 radical (unpaired) electrons. The number of carbonyl (C=O) groups is 5. The number of aromatic hydroxyl groups is 3. The highest BCUT2D eigenvalue weighted by atomic mass is 16.7. The van der Waals surface area contributed by atoms with Crippen molar-refractivity contribution in [2.24, 2.45) is 0 Å². The molecule has 2 saturated heterocycles. The number of methoxy groups -OCH3 is 1. The lowest BCUT2D eigenvalue weighted by Gasteiger charge is -2.43. The maximum Gasteiger partial charge on any atom is 0.410 e. The Morgan fingerprint density at radius 2 is 1.57 bits per heavy atom. The van der Waals surface area contributed by atoms with E-state index in [9.17, 15) is 54.6 Å². The molecule has 2 aliphatic carbocycles. The number of rotatable bonds is 6. The summed E-state index contributed by atoms with van der Waals surface area (Å²) in [5.41, 5.74) is -2.96. The number of carbonyl (C=O) groups excluding carboxylic acids is 4. The molecule has 0 spiro atoms. The van der Waals surface area contributed by atoms with Crippen molar-refractivity contribution in [3.63, 3.8) is 0 Å². The van der Waals surface area contributed by atoms with Crippen LogP contribution < -0.4 is 10.1 Å². The maximum atomic E-state index is 14.0. The van der Waals surface area contributed by atoms with E-state index < -0.39 is 112 Å². The first kappa shape index (κ1) is 35.6. The Balaban J connectivity index is 1.42. The van der Waals surface area contributed by atoms with E-state index in [-0.39, 0.29) is 44.7 Å². The number of phenols is 3. The minimum Gasteiger partial charge on any atom is -0.507 e. The molecule has 2 heterocycles. The number of nitrogens with one attached hydrogen (secondary N) is 1. The fraction of sp³-hybridized carbons (Fsp3) is 0.361. The number of phenolic OH excluding ortho intramolecular Hbond substituents is 3. The Kier molecular flexibility index (Phi) is 8.37. The Labute approximate surface area is 299 Å². The predicted molar refractivity (Wildman–Crippen MR) is 177 cm³/mol. The van der Waals surface area contributed by atoms with Crippen LogP contribution >= 0.6 is 0 Å². The van der Waals surface area contributed by atoms with Gasteiger partial charge in [0.1, 0.15) is 53.4 Å². The standard InChI is InChI=1S/C36H34N2O15/c1-10-6-17-22(28(43)19(10)33(46)37-11(2)34(47)48)21-15(27(42)31(17)52-35-30(45)32-24(12(3)51-35)38(4)36(49)53-32)9-16-23(29(21)44)26(41)14-7-13(50-5)8-18(39)20(14)25(16)40/h6-9,11-12,24,27,30-32,35,39,42-45H,1-5H3,(H,37,46)(H,47,48)/t11-,12-,24+,27+,30-,31+,32+,35+/m1/s1. The third kappa shape index (κ3) is 5.18. The van der Waals surface area contributed by atoms with Crippen LogP contribution in [0.1, 0.15) is 84.9 Å². The SMILES string of the molecule is COc1cc(O)c2c(c1)C(=O)c1c(cc3c(c1O)-c1c(cc(C)c(C(=O)N[C@H](C)C(=O)O)c1O)[C@H](O[C@@H]1O[C@H](C)[C@H]4[C@H](OC(=O)N4C)[C@H]1O)[C@H]3O)C2=O. The fourth-order valence-corrected chi connectivity index (χ4v) is 7.66. The highest BCUT2D eigenvalue weighted by Gasteiger charge is 2.55. The van der Waals surface area contributed by atoms with Crippen LogP contribution in [-0.4, -0.2) is 116 Å². The van der Waals surface area contributed by atoms with Crippen LogP contribution in [0, 0.1) is 6.92 Å². The van der Waals surface area contributed by atoms with Crippen LogP contribution in [0.5, 0.6) is 23.0 Å². The largest absolute Gasteiger partial charge is 0.507 e. The van der Waals surface area contributed by atoms with E-state index >= 15 is 0 Å². The number of ether oxygens (including phenoxy) is 4. The number of aryl methyl sites for hydroxylation is 1. The highest BCUT2D eigenvalue weighted by Crippen LogP contribution is 2.57. The molecular weight excluding hydrogens is 700 g/mol. The summed E-state index contributed by atoms with van der Waals surface area (Å²) in [6.45, 7) is 4.23. The first-order valence-corrected chi connectivity index (χ1v) is 16.4. The van der Waals surface area contributed by atoms with E-state index in [2.05, 4.69) is 5.32 Å². The van der Waals surface area contributed by atoms with Crippen molar-refractivity contribution in [2.75, 3.05) is 14.2 Å². The van der Waals surface area contributed by atoms with Gasteiger partial charge < -0.3 is 59.8 Å². The fourth-order valence-electron chi connectivity index (χ4n) is 7.66. The molecule has 3 aromatic rings. The Hall–Kier alpha value is -5.75. The first-order chi connectivity index (χ1) is 25.0. The van der Waals surface area contributed by atoms with E-state index in [1.54, 1.807) is 6.92 Å². The Morgan fingerprint density at radius 1 is 0.925 bits per heavy atom. The number of fused-ring (bicyclic) bond motifs is 6. The zero-order valence-electron chi connectivity index (χ0n) is 28.7. The van der Waals surface area contributed by atoms with Gasteiger partial charge in [0.25, 0.3) is 5.91 Å². The monoisotopic (exact) mass is 734 g/mol. The minimum absolute atomic E-state index is 0.0372. The second-order valence-electron chi connectivity index (χ2n) is 13.4. The number of hydrogen-bond donors (Lipinski definition) is 7. The van der Waals surface area contributed by atoms with Crippen molar-refractivity contribution >= 4 is 29.5 Å². The second kappa shape index (κ2) is 12.4. The van der Waals surface area contributed by atoms with Gasteiger partial charge in [0, 0.05) is 35.4 Å². The number of carboxylic acids is 1. The van der Waals surface area contributed by atoms with Crippen molar-refractivity contribution < 1.29 is 73.6 Å². The summed E-state index contributed by atoms with van der Waals surface area (Å²) in [6, 6.07) is 2.68. The van der Waals surface area contributed by atoms with Gasteiger partial charge in [-0.1, -0.05) is 6.07 Å². The molecule has 0 saturated carbocycles. The number of carboxylic acid groups (broad SMARTS) is 1. The van der Waals surface area contributed by atoms with Gasteiger partial charge >= 0.3 is 12.1 Å². The summed E-state index contributed by atoms with van der Waals surface area (Å²) < 4.78 is 22.7. The molecule has 8 atom stereocenters. The molecule has 17 heteroatoms. The van der Waals surface area contributed by atoms with E-state index in [0.717, 1.165) is 12.1 Å². The number of ketones is 2. The maximum absolute atomic E-state index is 14.0. The van der Waals surface area contributed by atoms with Crippen LogP contribution in [0.2, 0.25) is 0 Å². The second-order valence-corrected chi connectivity index (χ2v) is 13.4. The van der Waals surface area contributed by atoms with Crippen LogP contribution in [0.15, 0.2) is 24.3 Å². The van der Waals surface area contributed by atoms with Crippen molar-refractivity contribution in [3.8, 4) is 34.1 Å². The average Bonchev–Trinajstić information content (AvgIpc) is 3.40. The number of hydrogen-bond acceptors (Lipinski definition) is 14. The van der Waals surface area contributed by atoms with Crippen molar-refractivity contribution in [2.45, 2.75) is 69.7 Å². The van der Waals surface area contributed by atoms with Crippen molar-refractivity contribution in [1.29, 1.82) is 0 Å². The van der Waals surface area contributed by atoms with Crippen molar-refractivity contribution in [3.05, 3.63) is 68.8 Å². The zero-order chi connectivity index (χ0) is 38.5. The molecule has 278 valence electrons. The number of amides is 2. The molecule has 0 bridgehead atoms. The summed E-state index contributed by atoms with van der Waals surface area (Å²) in [7, 11) is 2.75. The summed E-state index contributed by atoms with van der Waals surface area (Å²) in [5.74, 6) is -6.39. The first-order valence-electron chi connectivity index (χ1n) is 16.4. The van der Waals surface area contributed by atoms with Gasteiger partial charge in [-0.3, -0.25) is 19.2 Å². The molecule has 7 rings (SSSR count). The predicted octanol–water partition coefficient (Wildman–Crippen LogP) is 1.80. The molecule has 0 unspecified atom stereocenters. The third-order valence-electron chi connectivity index (χ3n) is 10.3. The smallest absolute Gasteiger partial charge is 0.410 e. The minimum atomic E-state index is -1.81. The molecule has 3 aromatic carbocycles. The number of aliphatic hydroxyl groups is 2. The van der Waals surface area contributed by atoms with Gasteiger partial charge in [-0.2, -0.15) is 0 Å². The number of likely N-dealkylation sites (N-methyl/N-ethyl adjacent to an activating group) is 1. The number of benzene rings is 3. The lowest BCUT2D eigenvalue weighted by atomic mass is 9.74. The average molecular weight is 735 g/mol. The van der Waals surface area contributed by atoms with E-state index in [4.69, 9.17) is 18.9 Å². The molecule has 0 aromatic heterocycles. The van der Waals surface area contributed by atoms with Gasteiger partial charge in [-0.15, -0.1) is 0 Å². The van der Waals surface area contributed by atoms with E-state index in [1.165, 1.54) is 45.0 Å². The van der Waals surface area contributed by atoms with Gasteiger partial charge in [0.05, 0.1) is 29.9 Å². The Bertz CT molecular complexity index is 2160. The summed E-state index contributed by atoms with van der Waals surface area (Å²) in [4.78, 5) is 66.4. The molecule has 2 fully saturated rings. The highest BCUT2D eigenvalue weighted by molar-refractivity contribution is 6.31. The topological polar surface area (TPSA) is 259 Å². The Morgan fingerprint density at radius 3 is 2.23 bits per heavy atom. The summed E-state index contributed by atoms with van der Waals surface area (Å²) >= 11 is 0. The van der Waals surface area contributed by atoms with Gasteiger partial charge in [-0.05, 0) is 49.6 Å². The lowest BCUT2D eigenvalue weighted by molar-refractivity contribution is -0.291. The number of nitrogens with zero attached hydrogens (tertiary/aromatic N) is 1. The van der Waals surface area contributed by atoms with Crippen LogP contribution in [0.25, 0.3) is 11.1 Å². The van der Waals surface area contributed by atoms with Crippen LogP contribution in [-0.2, 0) is 19.0 Å². The lowest BCUT2D eigenvalue weighted by Crippen LogP contribution is -2.59. The molecule has 53 heavy (non-hydrogen) atoms. The molecular formula is C36H34N2O15.